The molecule has 0 aliphatic carbocycles. The second-order valence-corrected chi connectivity index (χ2v) is 5.01. The van der Waals surface area contributed by atoms with E-state index < -0.39 is 0 Å². The Labute approximate surface area is 133 Å². The molecule has 3 rings (SSSR count). The highest BCUT2D eigenvalue weighted by Gasteiger charge is 2.16. The summed E-state index contributed by atoms with van der Waals surface area (Å²) in [7, 11) is 1.58. The van der Waals surface area contributed by atoms with Crippen LogP contribution in [0.25, 0.3) is 5.82 Å². The van der Waals surface area contributed by atoms with Gasteiger partial charge in [0, 0.05) is 5.69 Å². The SMILES string of the molecule is COc1ccccc1Oc1ncnc(-n2nc(C)cc2C)c1N. The molecule has 0 spiro atoms. The van der Waals surface area contributed by atoms with E-state index in [4.69, 9.17) is 15.2 Å². The number of hydrogen-bond donors (Lipinski definition) is 1. The van der Waals surface area contributed by atoms with Crippen LogP contribution in [-0.4, -0.2) is 26.9 Å². The van der Waals surface area contributed by atoms with E-state index in [0.29, 0.717) is 23.0 Å². The first kappa shape index (κ1) is 14.8. The Bertz CT molecular complexity index is 844. The molecule has 0 unspecified atom stereocenters. The lowest BCUT2D eigenvalue weighted by molar-refractivity contribution is 0.374. The van der Waals surface area contributed by atoms with Gasteiger partial charge in [-0.05, 0) is 32.0 Å². The van der Waals surface area contributed by atoms with Crippen molar-refractivity contribution >= 4 is 5.69 Å². The minimum absolute atomic E-state index is 0.257. The quantitative estimate of drug-likeness (QED) is 0.797. The van der Waals surface area contributed by atoms with Crippen LogP contribution in [0.3, 0.4) is 0 Å². The van der Waals surface area contributed by atoms with Gasteiger partial charge in [-0.25, -0.2) is 9.67 Å². The first-order chi connectivity index (χ1) is 11.1. The Kier molecular flexibility index (Phi) is 3.84. The number of anilines is 1. The fourth-order valence-electron chi connectivity index (χ4n) is 2.27. The number of methoxy groups -OCH3 is 1. The molecule has 0 fully saturated rings. The van der Waals surface area contributed by atoms with Crippen molar-refractivity contribution in [3.05, 3.63) is 48.0 Å². The average molecular weight is 311 g/mol. The number of hydrogen-bond acceptors (Lipinski definition) is 6. The lowest BCUT2D eigenvalue weighted by atomic mass is 10.3. The molecule has 0 aliphatic heterocycles. The number of aromatic nitrogens is 4. The summed E-state index contributed by atoms with van der Waals surface area (Å²) < 4.78 is 12.7. The molecule has 0 bridgehead atoms. The maximum Gasteiger partial charge on any atom is 0.248 e. The van der Waals surface area contributed by atoms with E-state index in [9.17, 15) is 0 Å². The van der Waals surface area contributed by atoms with Gasteiger partial charge in [-0.2, -0.15) is 10.1 Å². The van der Waals surface area contributed by atoms with E-state index in [-0.39, 0.29) is 5.88 Å². The summed E-state index contributed by atoms with van der Waals surface area (Å²) in [5.74, 6) is 1.86. The van der Waals surface area contributed by atoms with Crippen LogP contribution >= 0.6 is 0 Å². The Hall–Kier alpha value is -3.09. The number of nitrogen functional groups attached to an aromatic ring is 1. The van der Waals surface area contributed by atoms with E-state index in [1.165, 1.54) is 6.33 Å². The summed E-state index contributed by atoms with van der Waals surface area (Å²) in [6.45, 7) is 3.84. The van der Waals surface area contributed by atoms with Gasteiger partial charge < -0.3 is 15.2 Å². The summed E-state index contributed by atoms with van der Waals surface area (Å²) in [6.07, 6.45) is 1.40. The van der Waals surface area contributed by atoms with Crippen molar-refractivity contribution in [1.29, 1.82) is 0 Å². The third-order valence-electron chi connectivity index (χ3n) is 3.31. The normalized spacial score (nSPS) is 10.6. The van der Waals surface area contributed by atoms with Gasteiger partial charge in [0.25, 0.3) is 0 Å². The van der Waals surface area contributed by atoms with Gasteiger partial charge in [-0.1, -0.05) is 12.1 Å². The van der Waals surface area contributed by atoms with Gasteiger partial charge in [-0.3, -0.25) is 0 Å². The highest BCUT2D eigenvalue weighted by atomic mass is 16.5. The van der Waals surface area contributed by atoms with E-state index in [0.717, 1.165) is 11.4 Å². The molecule has 0 radical (unpaired) electrons. The molecule has 2 N–H and O–H groups in total. The Morgan fingerprint density at radius 2 is 1.83 bits per heavy atom. The Morgan fingerprint density at radius 1 is 1.09 bits per heavy atom. The fraction of sp³-hybridized carbons (Fsp3) is 0.188. The van der Waals surface area contributed by atoms with E-state index in [2.05, 4.69) is 15.1 Å². The Morgan fingerprint density at radius 3 is 2.48 bits per heavy atom. The van der Waals surface area contributed by atoms with E-state index >= 15 is 0 Å². The van der Waals surface area contributed by atoms with Crippen molar-refractivity contribution in [2.45, 2.75) is 13.8 Å². The molecule has 0 aliphatic rings. The summed E-state index contributed by atoms with van der Waals surface area (Å²) in [6, 6.07) is 9.23. The van der Waals surface area contributed by atoms with Crippen LogP contribution < -0.4 is 15.2 Å². The molecule has 2 heterocycles. The lowest BCUT2D eigenvalue weighted by Crippen LogP contribution is -2.08. The third-order valence-corrected chi connectivity index (χ3v) is 3.31. The van der Waals surface area contributed by atoms with Crippen LogP contribution in [0.4, 0.5) is 5.69 Å². The summed E-state index contributed by atoms with van der Waals surface area (Å²) >= 11 is 0. The molecule has 0 amide bonds. The second-order valence-electron chi connectivity index (χ2n) is 5.01. The number of ether oxygens (including phenoxy) is 2. The predicted octanol–water partition coefficient (Wildman–Crippen LogP) is 2.66. The monoisotopic (exact) mass is 311 g/mol. The predicted molar refractivity (Wildman–Crippen MR) is 86.1 cm³/mol. The van der Waals surface area contributed by atoms with E-state index in [1.54, 1.807) is 23.9 Å². The highest BCUT2D eigenvalue weighted by molar-refractivity contribution is 5.61. The van der Waals surface area contributed by atoms with Gasteiger partial charge in [0.2, 0.25) is 5.88 Å². The van der Waals surface area contributed by atoms with Crippen molar-refractivity contribution in [2.75, 3.05) is 12.8 Å². The van der Waals surface area contributed by atoms with Crippen molar-refractivity contribution in [3.8, 4) is 23.2 Å². The van der Waals surface area contributed by atoms with Crippen LogP contribution in [0, 0.1) is 13.8 Å². The third kappa shape index (κ3) is 2.80. The molecule has 1 aromatic carbocycles. The first-order valence-electron chi connectivity index (χ1n) is 7.05. The zero-order valence-electron chi connectivity index (χ0n) is 13.1. The minimum atomic E-state index is 0.257. The molecule has 0 atom stereocenters. The minimum Gasteiger partial charge on any atom is -0.493 e. The van der Waals surface area contributed by atoms with Gasteiger partial charge >= 0.3 is 0 Å². The average Bonchev–Trinajstić information content (AvgIpc) is 2.88. The van der Waals surface area contributed by atoms with Crippen LogP contribution in [0.15, 0.2) is 36.7 Å². The molecule has 23 heavy (non-hydrogen) atoms. The summed E-state index contributed by atoms with van der Waals surface area (Å²) in [5, 5.41) is 4.39. The molecule has 118 valence electrons. The number of benzene rings is 1. The van der Waals surface area contributed by atoms with Gasteiger partial charge in [-0.15, -0.1) is 0 Å². The number of nitrogens with zero attached hydrogens (tertiary/aromatic N) is 4. The number of para-hydroxylation sites is 2. The van der Waals surface area contributed by atoms with Gasteiger partial charge in [0.15, 0.2) is 17.3 Å². The number of nitrogens with two attached hydrogens (primary N) is 1. The van der Waals surface area contributed by atoms with E-state index in [1.807, 2.05) is 32.0 Å². The zero-order valence-corrected chi connectivity index (χ0v) is 13.1. The maximum atomic E-state index is 6.18. The summed E-state index contributed by atoms with van der Waals surface area (Å²) in [4.78, 5) is 8.34. The Balaban J connectivity index is 2.02. The lowest BCUT2D eigenvalue weighted by Gasteiger charge is -2.12. The smallest absolute Gasteiger partial charge is 0.248 e. The van der Waals surface area contributed by atoms with Crippen LogP contribution in [0.1, 0.15) is 11.4 Å². The molecule has 7 nitrogen and oxygen atoms in total. The van der Waals surface area contributed by atoms with Crippen molar-refractivity contribution in [2.24, 2.45) is 0 Å². The molecule has 0 saturated heterocycles. The molecule has 0 saturated carbocycles. The second kappa shape index (κ2) is 5.96. The molecule has 7 heteroatoms. The van der Waals surface area contributed by atoms with Crippen molar-refractivity contribution in [1.82, 2.24) is 19.7 Å². The van der Waals surface area contributed by atoms with Crippen LogP contribution in [-0.2, 0) is 0 Å². The van der Waals surface area contributed by atoms with Crippen LogP contribution in [0.2, 0.25) is 0 Å². The fourth-order valence-corrected chi connectivity index (χ4v) is 2.27. The molecule has 2 aromatic heterocycles. The molecular weight excluding hydrogens is 294 g/mol. The standard InChI is InChI=1S/C16H17N5O2/c1-10-8-11(2)21(20-10)15-14(17)16(19-9-18-15)23-13-7-5-4-6-12(13)22-3/h4-9H,17H2,1-3H3. The number of rotatable bonds is 4. The first-order valence-corrected chi connectivity index (χ1v) is 7.05. The topological polar surface area (TPSA) is 88.1 Å². The number of aryl methyl sites for hydroxylation is 2. The summed E-state index contributed by atoms with van der Waals surface area (Å²) in [5.41, 5.74) is 8.30. The largest absolute Gasteiger partial charge is 0.493 e. The van der Waals surface area contributed by atoms with Gasteiger partial charge in [0.1, 0.15) is 12.0 Å². The van der Waals surface area contributed by atoms with Gasteiger partial charge in [0.05, 0.1) is 12.8 Å². The van der Waals surface area contributed by atoms with Crippen LogP contribution in [0.5, 0.6) is 17.4 Å². The highest BCUT2D eigenvalue weighted by Crippen LogP contribution is 2.34. The van der Waals surface area contributed by atoms with Crippen molar-refractivity contribution in [3.63, 3.8) is 0 Å². The van der Waals surface area contributed by atoms with Crippen molar-refractivity contribution < 1.29 is 9.47 Å². The molecule has 3 aromatic rings. The molecular formula is C16H17N5O2. The zero-order chi connectivity index (χ0) is 16.4. The maximum absolute atomic E-state index is 6.18.